The maximum atomic E-state index is 11.7. The highest BCUT2D eigenvalue weighted by molar-refractivity contribution is 5.91. The van der Waals surface area contributed by atoms with Crippen LogP contribution in [0.3, 0.4) is 0 Å². The largest absolute Gasteiger partial charge is 0.478 e. The number of guanidine groups is 1. The molecule has 0 bridgehead atoms. The number of hydrogen-bond acceptors (Lipinski definition) is 2. The van der Waals surface area contributed by atoms with Crippen LogP contribution in [0.5, 0.6) is 0 Å². The van der Waals surface area contributed by atoms with Crippen LogP contribution in [0.1, 0.15) is 13.3 Å². The lowest BCUT2D eigenvalue weighted by Crippen LogP contribution is -2.54. The molecule has 0 aromatic carbocycles. The molecule has 0 aromatic heterocycles. The van der Waals surface area contributed by atoms with Crippen LogP contribution in [-0.4, -0.2) is 67.3 Å². The van der Waals surface area contributed by atoms with Crippen LogP contribution in [0.25, 0.3) is 0 Å². The SMILES string of the molecule is CCOC(=O)N1CCCN(C)C1=[N+](C)C. The summed E-state index contributed by atoms with van der Waals surface area (Å²) in [4.78, 5) is 15.4. The molecule has 1 saturated heterocycles. The van der Waals surface area contributed by atoms with E-state index in [-0.39, 0.29) is 6.09 Å². The number of amides is 1. The zero-order valence-corrected chi connectivity index (χ0v) is 9.99. The molecule has 15 heavy (non-hydrogen) atoms. The average molecular weight is 214 g/mol. The summed E-state index contributed by atoms with van der Waals surface area (Å²) in [6, 6.07) is 0. The van der Waals surface area contributed by atoms with E-state index < -0.39 is 0 Å². The molecule has 1 amide bonds. The Morgan fingerprint density at radius 2 is 2.13 bits per heavy atom. The molecule has 0 N–H and O–H groups in total. The van der Waals surface area contributed by atoms with Crippen molar-refractivity contribution in [3.8, 4) is 0 Å². The van der Waals surface area contributed by atoms with Crippen molar-refractivity contribution in [3.05, 3.63) is 0 Å². The molecule has 1 aliphatic heterocycles. The lowest BCUT2D eigenvalue weighted by atomic mass is 10.3. The Bertz CT molecular complexity index is 272. The van der Waals surface area contributed by atoms with Crippen LogP contribution in [0.15, 0.2) is 0 Å². The van der Waals surface area contributed by atoms with Crippen molar-refractivity contribution < 1.29 is 14.1 Å². The summed E-state index contributed by atoms with van der Waals surface area (Å²) in [7, 11) is 5.85. The third kappa shape index (κ3) is 2.61. The molecule has 86 valence electrons. The van der Waals surface area contributed by atoms with Gasteiger partial charge in [0.2, 0.25) is 0 Å². The van der Waals surface area contributed by atoms with Crippen molar-refractivity contribution in [2.24, 2.45) is 0 Å². The molecule has 0 radical (unpaired) electrons. The van der Waals surface area contributed by atoms with Crippen molar-refractivity contribution >= 4 is 12.1 Å². The highest BCUT2D eigenvalue weighted by Gasteiger charge is 2.35. The summed E-state index contributed by atoms with van der Waals surface area (Å²) in [6.45, 7) is 3.95. The minimum atomic E-state index is -0.257. The molecule has 1 heterocycles. The predicted molar refractivity (Wildman–Crippen MR) is 58.1 cm³/mol. The molecule has 1 rings (SSSR count). The van der Waals surface area contributed by atoms with Crippen LogP contribution < -0.4 is 0 Å². The van der Waals surface area contributed by atoms with Gasteiger partial charge in [0.15, 0.2) is 0 Å². The van der Waals surface area contributed by atoms with Gasteiger partial charge < -0.3 is 4.74 Å². The van der Waals surface area contributed by atoms with Crippen molar-refractivity contribution in [1.29, 1.82) is 0 Å². The first-order valence-electron chi connectivity index (χ1n) is 5.27. The molecule has 1 fully saturated rings. The molecular weight excluding hydrogens is 194 g/mol. The van der Waals surface area contributed by atoms with E-state index in [1.165, 1.54) is 0 Å². The first-order chi connectivity index (χ1) is 7.07. The number of carbonyl (C=O) groups is 1. The molecule has 0 aliphatic carbocycles. The number of nitrogens with zero attached hydrogens (tertiary/aromatic N) is 3. The second-order valence-electron chi connectivity index (χ2n) is 3.82. The van der Waals surface area contributed by atoms with Gasteiger partial charge in [0, 0.05) is 6.42 Å². The average Bonchev–Trinajstić information content (AvgIpc) is 2.17. The van der Waals surface area contributed by atoms with Crippen LogP contribution in [0.2, 0.25) is 0 Å². The quantitative estimate of drug-likeness (QED) is 0.593. The summed E-state index contributed by atoms with van der Waals surface area (Å²) in [6.07, 6.45) is 0.722. The van der Waals surface area contributed by atoms with Gasteiger partial charge in [0.05, 0.1) is 40.8 Å². The number of ether oxygens (including phenoxy) is 1. The number of hydrogen-bond donors (Lipinski definition) is 0. The van der Waals surface area contributed by atoms with Crippen molar-refractivity contribution in [1.82, 2.24) is 9.80 Å². The molecule has 0 atom stereocenters. The molecule has 0 unspecified atom stereocenters. The molecule has 0 saturated carbocycles. The Morgan fingerprint density at radius 1 is 1.47 bits per heavy atom. The van der Waals surface area contributed by atoms with Gasteiger partial charge in [-0.15, -0.1) is 0 Å². The predicted octanol–water partition coefficient (Wildman–Crippen LogP) is 0.409. The topological polar surface area (TPSA) is 35.8 Å². The van der Waals surface area contributed by atoms with Crippen LogP contribution >= 0.6 is 0 Å². The fraction of sp³-hybridized carbons (Fsp3) is 0.800. The van der Waals surface area contributed by atoms with Crippen LogP contribution in [0.4, 0.5) is 4.79 Å². The maximum absolute atomic E-state index is 11.7. The van der Waals surface area contributed by atoms with Gasteiger partial charge in [-0.3, -0.25) is 9.48 Å². The summed E-state index contributed by atoms with van der Waals surface area (Å²) in [5.74, 6) is 0.903. The van der Waals surface area contributed by atoms with E-state index in [2.05, 4.69) is 4.90 Å². The van der Waals surface area contributed by atoms with Crippen LogP contribution in [-0.2, 0) is 4.74 Å². The van der Waals surface area contributed by atoms with Gasteiger partial charge in [-0.25, -0.2) is 4.79 Å². The Kier molecular flexibility index (Phi) is 3.94. The highest BCUT2D eigenvalue weighted by atomic mass is 16.6. The molecule has 0 spiro atoms. The van der Waals surface area contributed by atoms with Crippen molar-refractivity contribution in [2.45, 2.75) is 13.3 Å². The molecule has 5 nitrogen and oxygen atoms in total. The third-order valence-electron chi connectivity index (χ3n) is 2.35. The first-order valence-corrected chi connectivity index (χ1v) is 5.27. The minimum Gasteiger partial charge on any atom is -0.438 e. The smallest absolute Gasteiger partial charge is 0.438 e. The zero-order chi connectivity index (χ0) is 11.4. The maximum Gasteiger partial charge on any atom is 0.478 e. The van der Waals surface area contributed by atoms with Gasteiger partial charge in [-0.05, 0) is 6.92 Å². The van der Waals surface area contributed by atoms with E-state index in [1.807, 2.05) is 32.6 Å². The Hall–Kier alpha value is -1.26. The second-order valence-corrected chi connectivity index (χ2v) is 3.82. The first kappa shape index (κ1) is 11.8. The van der Waals surface area contributed by atoms with Gasteiger partial charge in [-0.1, -0.05) is 0 Å². The molecule has 5 heteroatoms. The van der Waals surface area contributed by atoms with Gasteiger partial charge in [0.25, 0.3) is 0 Å². The fourth-order valence-electron chi connectivity index (χ4n) is 1.83. The summed E-state index contributed by atoms with van der Waals surface area (Å²) < 4.78 is 6.96. The fourth-order valence-corrected chi connectivity index (χ4v) is 1.83. The third-order valence-corrected chi connectivity index (χ3v) is 2.35. The van der Waals surface area contributed by atoms with E-state index in [4.69, 9.17) is 4.74 Å². The van der Waals surface area contributed by atoms with Crippen LogP contribution in [0, 0.1) is 0 Å². The Morgan fingerprint density at radius 3 is 2.67 bits per heavy atom. The minimum absolute atomic E-state index is 0.257. The number of carbonyl (C=O) groups excluding carboxylic acids is 1. The van der Waals surface area contributed by atoms with E-state index in [1.54, 1.807) is 4.90 Å². The van der Waals surface area contributed by atoms with Gasteiger partial charge in [0.1, 0.15) is 0 Å². The van der Waals surface area contributed by atoms with Gasteiger partial charge in [-0.2, -0.15) is 4.90 Å². The summed E-state index contributed by atoms with van der Waals surface area (Å²) >= 11 is 0. The molecule has 1 aliphatic rings. The second kappa shape index (κ2) is 5.00. The summed E-state index contributed by atoms with van der Waals surface area (Å²) in [5, 5.41) is 0. The Labute approximate surface area is 90.9 Å². The monoisotopic (exact) mass is 214 g/mol. The van der Waals surface area contributed by atoms with E-state index in [9.17, 15) is 4.79 Å². The van der Waals surface area contributed by atoms with E-state index in [0.29, 0.717) is 6.61 Å². The highest BCUT2D eigenvalue weighted by Crippen LogP contribution is 2.08. The Balaban J connectivity index is 2.85. The zero-order valence-electron chi connectivity index (χ0n) is 9.99. The van der Waals surface area contributed by atoms with Crippen molar-refractivity contribution in [2.75, 3.05) is 40.8 Å². The normalized spacial score (nSPS) is 16.7. The lowest BCUT2D eigenvalue weighted by molar-refractivity contribution is -0.476. The summed E-state index contributed by atoms with van der Waals surface area (Å²) in [5.41, 5.74) is 0. The lowest BCUT2D eigenvalue weighted by Gasteiger charge is -2.28. The van der Waals surface area contributed by atoms with E-state index >= 15 is 0 Å². The van der Waals surface area contributed by atoms with Gasteiger partial charge >= 0.3 is 12.1 Å². The molecular formula is C10H20N3O2+. The number of rotatable bonds is 1. The molecule has 0 aromatic rings. The van der Waals surface area contributed by atoms with E-state index in [0.717, 1.165) is 25.5 Å². The van der Waals surface area contributed by atoms with Crippen molar-refractivity contribution in [3.63, 3.8) is 0 Å². The standard InChI is InChI=1S/C10H20N3O2/c1-5-15-10(14)13-8-6-7-12(4)9(13)11(2)3/h5-8H2,1-4H3/q+1.